The fraction of sp³-hybridized carbons (Fsp3) is 0.312. The molecule has 124 valence electrons. The smallest absolute Gasteiger partial charge is 0.177 e. The van der Waals surface area contributed by atoms with Gasteiger partial charge in [0.2, 0.25) is 0 Å². The van der Waals surface area contributed by atoms with E-state index in [1.807, 2.05) is 13.0 Å². The molecule has 0 fully saturated rings. The number of hydrogen-bond donors (Lipinski definition) is 1. The second-order valence-electron chi connectivity index (χ2n) is 5.27. The van der Waals surface area contributed by atoms with Crippen molar-refractivity contribution in [3.63, 3.8) is 0 Å². The van der Waals surface area contributed by atoms with Crippen molar-refractivity contribution in [3.05, 3.63) is 40.7 Å². The fourth-order valence-electron chi connectivity index (χ4n) is 2.46. The van der Waals surface area contributed by atoms with Crippen molar-refractivity contribution in [3.8, 4) is 16.9 Å². The summed E-state index contributed by atoms with van der Waals surface area (Å²) in [5.41, 5.74) is 8.71. The van der Waals surface area contributed by atoms with Gasteiger partial charge in [-0.2, -0.15) is 0 Å². The molecular formula is C16H19ClN2O3S. The van der Waals surface area contributed by atoms with E-state index in [-0.39, 0.29) is 4.90 Å². The van der Waals surface area contributed by atoms with Gasteiger partial charge in [0.15, 0.2) is 9.84 Å². The Hall–Kier alpha value is -1.63. The van der Waals surface area contributed by atoms with Crippen LogP contribution in [-0.4, -0.2) is 33.3 Å². The van der Waals surface area contributed by atoms with Gasteiger partial charge in [-0.3, -0.25) is 4.98 Å². The summed E-state index contributed by atoms with van der Waals surface area (Å²) >= 11 is 6.33. The molecule has 0 atom stereocenters. The van der Waals surface area contributed by atoms with Crippen molar-refractivity contribution in [2.24, 2.45) is 5.73 Å². The van der Waals surface area contributed by atoms with Gasteiger partial charge in [0.1, 0.15) is 5.75 Å². The van der Waals surface area contributed by atoms with Gasteiger partial charge in [0, 0.05) is 34.8 Å². The molecule has 0 aliphatic heterocycles. The number of benzene rings is 1. The highest BCUT2D eigenvalue weighted by atomic mass is 35.5. The standard InChI is InChI=1S/C16H19ClN2O3S/c1-10-14(17)7-11(4-5-18)16(22-2)15(10)12-6-13(9-19-8-12)23(3,20)21/h6-9H,4-5,18H2,1-3H3. The van der Waals surface area contributed by atoms with E-state index in [2.05, 4.69) is 4.98 Å². The Balaban J connectivity index is 2.77. The van der Waals surface area contributed by atoms with Crippen LogP contribution >= 0.6 is 11.6 Å². The van der Waals surface area contributed by atoms with E-state index in [4.69, 9.17) is 22.1 Å². The van der Waals surface area contributed by atoms with Crippen LogP contribution in [0.5, 0.6) is 5.75 Å². The first-order valence-electron chi connectivity index (χ1n) is 7.01. The first kappa shape index (κ1) is 17.7. The molecular weight excluding hydrogens is 336 g/mol. The highest BCUT2D eigenvalue weighted by molar-refractivity contribution is 7.90. The van der Waals surface area contributed by atoms with Gasteiger partial charge < -0.3 is 10.5 Å². The third kappa shape index (κ3) is 3.65. The monoisotopic (exact) mass is 354 g/mol. The van der Waals surface area contributed by atoms with E-state index < -0.39 is 9.84 Å². The van der Waals surface area contributed by atoms with Crippen LogP contribution in [0, 0.1) is 6.92 Å². The summed E-state index contributed by atoms with van der Waals surface area (Å²) < 4.78 is 29.1. The van der Waals surface area contributed by atoms with Crippen molar-refractivity contribution in [1.82, 2.24) is 4.98 Å². The molecule has 0 unspecified atom stereocenters. The zero-order valence-corrected chi connectivity index (χ0v) is 14.8. The number of aromatic nitrogens is 1. The Kier molecular flexibility index (Phi) is 5.29. The molecule has 0 aliphatic carbocycles. The molecule has 2 N–H and O–H groups in total. The van der Waals surface area contributed by atoms with Gasteiger partial charge in [0.05, 0.1) is 12.0 Å². The molecule has 0 saturated carbocycles. The highest BCUT2D eigenvalue weighted by Gasteiger charge is 2.19. The Labute approximate surface area is 141 Å². The molecule has 0 spiro atoms. The van der Waals surface area contributed by atoms with Crippen LogP contribution in [0.2, 0.25) is 5.02 Å². The maximum absolute atomic E-state index is 11.8. The number of sulfone groups is 1. The highest BCUT2D eigenvalue weighted by Crippen LogP contribution is 2.40. The fourth-order valence-corrected chi connectivity index (χ4v) is 3.28. The van der Waals surface area contributed by atoms with Crippen molar-refractivity contribution in [2.45, 2.75) is 18.2 Å². The largest absolute Gasteiger partial charge is 0.496 e. The van der Waals surface area contributed by atoms with E-state index >= 15 is 0 Å². The van der Waals surface area contributed by atoms with E-state index in [1.165, 1.54) is 6.20 Å². The molecule has 7 heteroatoms. The van der Waals surface area contributed by atoms with E-state index in [9.17, 15) is 8.42 Å². The normalized spacial score (nSPS) is 11.5. The van der Waals surface area contributed by atoms with Crippen LogP contribution in [0.15, 0.2) is 29.4 Å². The quantitative estimate of drug-likeness (QED) is 0.892. The summed E-state index contributed by atoms with van der Waals surface area (Å²) in [5.74, 6) is 0.643. The average molecular weight is 355 g/mol. The molecule has 1 aromatic heterocycles. The first-order valence-corrected chi connectivity index (χ1v) is 9.28. The molecule has 2 rings (SSSR count). The van der Waals surface area contributed by atoms with Gasteiger partial charge in [-0.1, -0.05) is 11.6 Å². The first-order chi connectivity index (χ1) is 10.8. The topological polar surface area (TPSA) is 82.3 Å². The van der Waals surface area contributed by atoms with Crippen molar-refractivity contribution in [2.75, 3.05) is 19.9 Å². The molecule has 2 aromatic rings. The number of nitrogens with two attached hydrogens (primary N) is 1. The SMILES string of the molecule is COc1c(CCN)cc(Cl)c(C)c1-c1cncc(S(C)(=O)=O)c1. The molecule has 0 radical (unpaired) electrons. The number of rotatable bonds is 5. The zero-order valence-electron chi connectivity index (χ0n) is 13.3. The number of pyridine rings is 1. The van der Waals surface area contributed by atoms with Crippen molar-refractivity contribution >= 4 is 21.4 Å². The number of nitrogens with zero attached hydrogens (tertiary/aromatic N) is 1. The van der Waals surface area contributed by atoms with Crippen molar-refractivity contribution in [1.29, 1.82) is 0 Å². The molecule has 0 saturated heterocycles. The maximum Gasteiger partial charge on any atom is 0.177 e. The number of ether oxygens (including phenoxy) is 1. The second-order valence-corrected chi connectivity index (χ2v) is 7.69. The van der Waals surface area contributed by atoms with E-state index in [1.54, 1.807) is 19.4 Å². The molecule has 1 aromatic carbocycles. The van der Waals surface area contributed by atoms with Gasteiger partial charge in [-0.25, -0.2) is 8.42 Å². The van der Waals surface area contributed by atoms with Gasteiger partial charge in [-0.15, -0.1) is 0 Å². The lowest BCUT2D eigenvalue weighted by atomic mass is 9.96. The lowest BCUT2D eigenvalue weighted by Gasteiger charge is -2.18. The zero-order chi connectivity index (χ0) is 17.2. The van der Waals surface area contributed by atoms with Gasteiger partial charge in [0.25, 0.3) is 0 Å². The number of halogens is 1. The predicted molar refractivity (Wildman–Crippen MR) is 91.8 cm³/mol. The summed E-state index contributed by atoms with van der Waals surface area (Å²) in [6.45, 7) is 2.32. The van der Waals surface area contributed by atoms with Crippen LogP contribution in [0.4, 0.5) is 0 Å². The minimum atomic E-state index is -3.35. The summed E-state index contributed by atoms with van der Waals surface area (Å²) in [7, 11) is -1.78. The molecule has 0 amide bonds. The predicted octanol–water partition coefficient (Wildman–Crippen LogP) is 2.62. The minimum absolute atomic E-state index is 0.150. The summed E-state index contributed by atoms with van der Waals surface area (Å²) in [6.07, 6.45) is 4.68. The van der Waals surface area contributed by atoms with Crippen LogP contribution in [0.1, 0.15) is 11.1 Å². The number of hydrogen-bond acceptors (Lipinski definition) is 5. The number of methoxy groups -OCH3 is 1. The van der Waals surface area contributed by atoms with Crippen LogP contribution in [0.3, 0.4) is 0 Å². The molecule has 0 aliphatic rings. The lowest BCUT2D eigenvalue weighted by Crippen LogP contribution is -2.06. The van der Waals surface area contributed by atoms with Gasteiger partial charge in [-0.05, 0) is 43.1 Å². The van der Waals surface area contributed by atoms with E-state index in [0.717, 1.165) is 22.9 Å². The third-order valence-electron chi connectivity index (χ3n) is 3.60. The third-order valence-corrected chi connectivity index (χ3v) is 5.07. The minimum Gasteiger partial charge on any atom is -0.496 e. The Bertz CT molecular complexity index is 835. The average Bonchev–Trinajstić information content (AvgIpc) is 2.50. The molecule has 23 heavy (non-hydrogen) atoms. The second kappa shape index (κ2) is 6.86. The maximum atomic E-state index is 11.8. The summed E-state index contributed by atoms with van der Waals surface area (Å²) in [5, 5.41) is 0.578. The van der Waals surface area contributed by atoms with Crippen LogP contribution in [-0.2, 0) is 16.3 Å². The van der Waals surface area contributed by atoms with Crippen molar-refractivity contribution < 1.29 is 13.2 Å². The van der Waals surface area contributed by atoms with Gasteiger partial charge >= 0.3 is 0 Å². The summed E-state index contributed by atoms with van der Waals surface area (Å²) in [4.78, 5) is 4.20. The molecule has 1 heterocycles. The van der Waals surface area contributed by atoms with Crippen LogP contribution < -0.4 is 10.5 Å². The van der Waals surface area contributed by atoms with E-state index in [0.29, 0.717) is 29.3 Å². The Morgan fingerprint density at radius 1 is 1.30 bits per heavy atom. The van der Waals surface area contributed by atoms with Crippen LogP contribution in [0.25, 0.3) is 11.1 Å². The molecule has 5 nitrogen and oxygen atoms in total. The molecule has 0 bridgehead atoms. The lowest BCUT2D eigenvalue weighted by molar-refractivity contribution is 0.411. The Morgan fingerprint density at radius 3 is 2.57 bits per heavy atom. The Morgan fingerprint density at radius 2 is 2.00 bits per heavy atom. The summed E-state index contributed by atoms with van der Waals surface area (Å²) in [6, 6.07) is 3.41.